The minimum absolute atomic E-state index is 0.839. The highest BCUT2D eigenvalue weighted by Crippen LogP contribution is 2.32. The van der Waals surface area contributed by atoms with Crippen molar-refractivity contribution in [3.8, 4) is 0 Å². The molecular formula is C14H28N2O. The van der Waals surface area contributed by atoms with Crippen molar-refractivity contribution in [3.63, 3.8) is 0 Å². The Hall–Kier alpha value is -0.120. The number of likely N-dealkylation sites (N-methyl/N-ethyl adjacent to an activating group) is 1. The summed E-state index contributed by atoms with van der Waals surface area (Å²) in [4.78, 5) is 2.42. The van der Waals surface area contributed by atoms with E-state index in [1.807, 2.05) is 0 Å². The molecule has 0 amide bonds. The number of hydrogen-bond donors (Lipinski definition) is 1. The summed E-state index contributed by atoms with van der Waals surface area (Å²) >= 11 is 0. The Morgan fingerprint density at radius 2 is 1.88 bits per heavy atom. The second-order valence-corrected chi connectivity index (χ2v) is 5.76. The number of nitrogens with zero attached hydrogens (tertiary/aromatic N) is 1. The molecule has 0 saturated carbocycles. The van der Waals surface area contributed by atoms with Crippen LogP contribution in [0.1, 0.15) is 39.0 Å². The topological polar surface area (TPSA) is 24.5 Å². The molecule has 3 nitrogen and oxygen atoms in total. The van der Waals surface area contributed by atoms with Crippen LogP contribution in [0, 0.1) is 5.92 Å². The highest BCUT2D eigenvalue weighted by molar-refractivity contribution is 4.91. The van der Waals surface area contributed by atoms with E-state index in [0.29, 0.717) is 0 Å². The summed E-state index contributed by atoms with van der Waals surface area (Å²) < 4.78 is 5.39. The average molecular weight is 240 g/mol. The Labute approximate surface area is 106 Å². The molecule has 100 valence electrons. The Kier molecular flexibility index (Phi) is 5.26. The third-order valence-corrected chi connectivity index (χ3v) is 4.31. The predicted octanol–water partition coefficient (Wildman–Crippen LogP) is 1.88. The highest BCUT2D eigenvalue weighted by atomic mass is 16.5. The van der Waals surface area contributed by atoms with Crippen molar-refractivity contribution in [1.82, 2.24) is 10.2 Å². The van der Waals surface area contributed by atoms with Gasteiger partial charge in [-0.05, 0) is 58.5 Å². The summed E-state index contributed by atoms with van der Waals surface area (Å²) in [6.45, 7) is 6.09. The number of ether oxygens (including phenoxy) is 1. The molecule has 2 unspecified atom stereocenters. The van der Waals surface area contributed by atoms with Crippen molar-refractivity contribution in [1.29, 1.82) is 0 Å². The summed E-state index contributed by atoms with van der Waals surface area (Å²) in [5.41, 5.74) is 0. The molecule has 2 fully saturated rings. The van der Waals surface area contributed by atoms with Gasteiger partial charge in [0.05, 0.1) is 6.61 Å². The maximum atomic E-state index is 5.39. The quantitative estimate of drug-likeness (QED) is 0.688. The van der Waals surface area contributed by atoms with Crippen LogP contribution >= 0.6 is 0 Å². The van der Waals surface area contributed by atoms with Crippen molar-refractivity contribution >= 4 is 0 Å². The minimum Gasteiger partial charge on any atom is -0.380 e. The summed E-state index contributed by atoms with van der Waals surface area (Å²) in [5.74, 6) is 0.961. The van der Waals surface area contributed by atoms with Crippen LogP contribution in [0.4, 0.5) is 0 Å². The van der Waals surface area contributed by atoms with E-state index in [4.69, 9.17) is 4.74 Å². The lowest BCUT2D eigenvalue weighted by molar-refractivity contribution is 0.118. The molecule has 0 aromatic heterocycles. The van der Waals surface area contributed by atoms with Gasteiger partial charge in [-0.1, -0.05) is 0 Å². The fraction of sp³-hybridized carbons (Fsp3) is 1.00. The number of nitrogens with one attached hydrogen (secondary N) is 1. The Morgan fingerprint density at radius 3 is 2.53 bits per heavy atom. The summed E-state index contributed by atoms with van der Waals surface area (Å²) in [7, 11) is 2.22. The predicted molar refractivity (Wildman–Crippen MR) is 71.3 cm³/mol. The normalized spacial score (nSPS) is 32.3. The summed E-state index contributed by atoms with van der Waals surface area (Å²) in [5, 5.41) is 3.72. The Bertz CT molecular complexity index is 210. The number of piperidine rings is 1. The van der Waals surface area contributed by atoms with E-state index in [1.165, 1.54) is 38.6 Å². The third-order valence-electron chi connectivity index (χ3n) is 4.31. The van der Waals surface area contributed by atoms with E-state index < -0.39 is 0 Å². The van der Waals surface area contributed by atoms with Crippen molar-refractivity contribution in [3.05, 3.63) is 0 Å². The summed E-state index contributed by atoms with van der Waals surface area (Å²) in [6, 6.07) is 1.68. The Morgan fingerprint density at radius 1 is 1.18 bits per heavy atom. The van der Waals surface area contributed by atoms with E-state index in [0.717, 1.165) is 37.8 Å². The zero-order valence-electron chi connectivity index (χ0n) is 11.5. The van der Waals surface area contributed by atoms with Gasteiger partial charge in [0.1, 0.15) is 0 Å². The van der Waals surface area contributed by atoms with E-state index >= 15 is 0 Å². The van der Waals surface area contributed by atoms with E-state index in [9.17, 15) is 0 Å². The van der Waals surface area contributed by atoms with Crippen LogP contribution in [0.5, 0.6) is 0 Å². The lowest BCUT2D eigenvalue weighted by atomic mass is 9.89. The first-order chi connectivity index (χ1) is 8.28. The van der Waals surface area contributed by atoms with E-state index in [1.54, 1.807) is 0 Å². The van der Waals surface area contributed by atoms with Crippen molar-refractivity contribution in [2.75, 3.05) is 33.4 Å². The number of fused-ring (bicyclic) bond motifs is 2. The van der Waals surface area contributed by atoms with Gasteiger partial charge in [0.2, 0.25) is 0 Å². The molecule has 1 N–H and O–H groups in total. The zero-order chi connectivity index (χ0) is 12.1. The first-order valence-corrected chi connectivity index (χ1v) is 7.30. The van der Waals surface area contributed by atoms with Crippen LogP contribution in [-0.2, 0) is 4.74 Å². The molecule has 3 heteroatoms. The van der Waals surface area contributed by atoms with Gasteiger partial charge in [0.15, 0.2) is 0 Å². The molecule has 2 atom stereocenters. The van der Waals surface area contributed by atoms with E-state index in [2.05, 4.69) is 24.2 Å². The second-order valence-electron chi connectivity index (χ2n) is 5.76. The molecule has 2 aliphatic rings. The number of hydrogen-bond acceptors (Lipinski definition) is 3. The maximum absolute atomic E-state index is 5.39. The number of rotatable bonds is 7. The lowest BCUT2D eigenvalue weighted by Gasteiger charge is -2.30. The standard InChI is InChI=1S/C14H28N2O/c1-3-17-9-8-16(2)7-6-12-10-13-4-5-14(11-12)15-13/h12-15H,3-11H2,1-2H3. The van der Waals surface area contributed by atoms with Crippen LogP contribution in [0.2, 0.25) is 0 Å². The molecule has 0 aromatic rings. The van der Waals surface area contributed by atoms with Gasteiger partial charge in [0, 0.05) is 25.2 Å². The first-order valence-electron chi connectivity index (χ1n) is 7.30. The highest BCUT2D eigenvalue weighted by Gasteiger charge is 2.32. The smallest absolute Gasteiger partial charge is 0.0593 e. The third kappa shape index (κ3) is 4.23. The van der Waals surface area contributed by atoms with Gasteiger partial charge in [-0.15, -0.1) is 0 Å². The second kappa shape index (κ2) is 6.72. The van der Waals surface area contributed by atoms with Crippen LogP contribution in [0.15, 0.2) is 0 Å². The zero-order valence-corrected chi connectivity index (χ0v) is 11.5. The molecule has 2 rings (SSSR count). The van der Waals surface area contributed by atoms with Crippen molar-refractivity contribution in [2.24, 2.45) is 5.92 Å². The molecule has 2 aliphatic heterocycles. The largest absolute Gasteiger partial charge is 0.380 e. The van der Waals surface area contributed by atoms with Gasteiger partial charge in [-0.2, -0.15) is 0 Å². The monoisotopic (exact) mass is 240 g/mol. The summed E-state index contributed by atoms with van der Waals surface area (Å²) in [6.07, 6.45) is 7.03. The maximum Gasteiger partial charge on any atom is 0.0593 e. The van der Waals surface area contributed by atoms with Crippen LogP contribution in [0.3, 0.4) is 0 Å². The first kappa shape index (κ1) is 13.3. The molecule has 17 heavy (non-hydrogen) atoms. The Balaban J connectivity index is 1.58. The van der Waals surface area contributed by atoms with Gasteiger partial charge in [0.25, 0.3) is 0 Å². The molecule has 0 spiro atoms. The van der Waals surface area contributed by atoms with Crippen molar-refractivity contribution < 1.29 is 4.74 Å². The van der Waals surface area contributed by atoms with Crippen LogP contribution < -0.4 is 5.32 Å². The van der Waals surface area contributed by atoms with Crippen molar-refractivity contribution in [2.45, 2.75) is 51.1 Å². The van der Waals surface area contributed by atoms with Gasteiger partial charge < -0.3 is 15.0 Å². The van der Waals surface area contributed by atoms with Gasteiger partial charge >= 0.3 is 0 Å². The van der Waals surface area contributed by atoms with E-state index in [-0.39, 0.29) is 0 Å². The van der Waals surface area contributed by atoms with Crippen LogP contribution in [-0.4, -0.2) is 50.3 Å². The average Bonchev–Trinajstić information content (AvgIpc) is 2.66. The molecule has 0 aliphatic carbocycles. The molecule has 2 saturated heterocycles. The molecule has 0 radical (unpaired) electrons. The SMILES string of the molecule is CCOCCN(C)CCC1CC2CCC(C1)N2. The van der Waals surface area contributed by atoms with Gasteiger partial charge in [-0.3, -0.25) is 0 Å². The minimum atomic E-state index is 0.839. The molecule has 0 aromatic carbocycles. The fourth-order valence-corrected chi connectivity index (χ4v) is 3.29. The molecule has 2 bridgehead atoms. The lowest BCUT2D eigenvalue weighted by Crippen LogP contribution is -2.39. The molecule has 2 heterocycles. The van der Waals surface area contributed by atoms with Gasteiger partial charge in [-0.25, -0.2) is 0 Å². The van der Waals surface area contributed by atoms with Crippen LogP contribution in [0.25, 0.3) is 0 Å². The fourth-order valence-electron chi connectivity index (χ4n) is 3.29. The molecular weight excluding hydrogens is 212 g/mol.